The second-order valence-electron chi connectivity index (χ2n) is 8.91. The quantitative estimate of drug-likeness (QED) is 0.460. The van der Waals surface area contributed by atoms with Gasteiger partial charge in [0.2, 0.25) is 0 Å². The summed E-state index contributed by atoms with van der Waals surface area (Å²) in [5.74, 6) is 0.00963. The second kappa shape index (κ2) is 8.80. The summed E-state index contributed by atoms with van der Waals surface area (Å²) in [6, 6.07) is -0.642. The van der Waals surface area contributed by atoms with Crippen molar-refractivity contribution in [1.82, 2.24) is 29.3 Å². The molecule has 5 rings (SSSR count). The molecular formula is C21H26F3N7O3. The number of nitrogens with one attached hydrogen (secondary N) is 1. The number of aromatic nitrogens is 4. The molecule has 0 aromatic carbocycles. The van der Waals surface area contributed by atoms with E-state index in [0.29, 0.717) is 47.8 Å². The first kappa shape index (κ1) is 23.0. The Balaban J connectivity index is 1.32. The van der Waals surface area contributed by atoms with Gasteiger partial charge < -0.3 is 25.2 Å². The summed E-state index contributed by atoms with van der Waals surface area (Å²) in [6.45, 7) is 0.622. The van der Waals surface area contributed by atoms with Gasteiger partial charge in [-0.3, -0.25) is 9.80 Å². The Bertz CT molecular complexity index is 1090. The summed E-state index contributed by atoms with van der Waals surface area (Å²) in [5, 5.41) is 33.4. The van der Waals surface area contributed by atoms with Crippen molar-refractivity contribution in [3.63, 3.8) is 0 Å². The van der Waals surface area contributed by atoms with Crippen LogP contribution in [0.3, 0.4) is 0 Å². The van der Waals surface area contributed by atoms with Crippen molar-refractivity contribution in [1.29, 1.82) is 0 Å². The Labute approximate surface area is 193 Å². The molecule has 2 aliphatic heterocycles. The highest BCUT2D eigenvalue weighted by atomic mass is 19.4. The fourth-order valence-electron chi connectivity index (χ4n) is 5.11. The molecule has 4 N–H and O–H groups in total. The van der Waals surface area contributed by atoms with Gasteiger partial charge in [0.1, 0.15) is 24.1 Å². The predicted octanol–water partition coefficient (Wildman–Crippen LogP) is 0.819. The van der Waals surface area contributed by atoms with Crippen molar-refractivity contribution < 1.29 is 28.5 Å². The molecule has 1 saturated heterocycles. The second-order valence-corrected chi connectivity index (χ2v) is 8.91. The number of hydrogen-bond acceptors (Lipinski definition) is 9. The average molecular weight is 481 g/mol. The van der Waals surface area contributed by atoms with Gasteiger partial charge in [-0.15, -0.1) is 0 Å². The summed E-state index contributed by atoms with van der Waals surface area (Å²) in [4.78, 5) is 15.1. The van der Waals surface area contributed by atoms with Gasteiger partial charge in [0.05, 0.1) is 18.5 Å². The van der Waals surface area contributed by atoms with Crippen molar-refractivity contribution in [2.24, 2.45) is 5.92 Å². The first-order valence-electron chi connectivity index (χ1n) is 11.1. The van der Waals surface area contributed by atoms with E-state index in [9.17, 15) is 28.5 Å². The van der Waals surface area contributed by atoms with Gasteiger partial charge in [0, 0.05) is 37.9 Å². The van der Waals surface area contributed by atoms with Crippen LogP contribution < -0.4 is 5.32 Å². The first-order chi connectivity index (χ1) is 16.3. The molecule has 184 valence electrons. The van der Waals surface area contributed by atoms with E-state index in [1.807, 2.05) is 0 Å². The third kappa shape index (κ3) is 4.02. The number of anilines is 1. The zero-order valence-electron chi connectivity index (χ0n) is 18.1. The van der Waals surface area contributed by atoms with Gasteiger partial charge in [0.25, 0.3) is 0 Å². The number of rotatable bonds is 5. The number of nitrogens with zero attached hydrogens (tertiary/aromatic N) is 6. The summed E-state index contributed by atoms with van der Waals surface area (Å²) < 4.78 is 41.9. The molecule has 0 spiro atoms. The number of aliphatic hydroxyl groups is 3. The van der Waals surface area contributed by atoms with Gasteiger partial charge in [-0.25, -0.2) is 15.0 Å². The molecule has 34 heavy (non-hydrogen) atoms. The van der Waals surface area contributed by atoms with Crippen molar-refractivity contribution in [2.75, 3.05) is 25.0 Å². The molecular weight excluding hydrogens is 455 g/mol. The van der Waals surface area contributed by atoms with E-state index in [4.69, 9.17) is 0 Å². The third-order valence-electron chi connectivity index (χ3n) is 6.88. The number of halogens is 3. The zero-order valence-corrected chi connectivity index (χ0v) is 18.1. The lowest BCUT2D eigenvalue weighted by Gasteiger charge is -2.37. The maximum atomic E-state index is 13.4. The number of aliphatic hydroxyl groups excluding tert-OH is 3. The monoisotopic (exact) mass is 481 g/mol. The van der Waals surface area contributed by atoms with Gasteiger partial charge >= 0.3 is 6.30 Å². The molecule has 10 nitrogen and oxygen atoms in total. The molecule has 1 aliphatic carbocycles. The molecule has 2 aromatic heterocycles. The van der Waals surface area contributed by atoms with Crippen LogP contribution in [-0.2, 0) is 0 Å². The summed E-state index contributed by atoms with van der Waals surface area (Å²) >= 11 is 0. The SMILES string of the molecule is OC[C@H]1C[C@@H](n2cnc3c(N[C@H]4CCN(C5C=CC=CN5C(F)(F)F)C4)ncnc32)[C@@H](O)[C@H]1O. The molecule has 2 fully saturated rings. The van der Waals surface area contributed by atoms with E-state index in [1.165, 1.54) is 24.8 Å². The Kier molecular flexibility index (Phi) is 5.96. The van der Waals surface area contributed by atoms with Crippen molar-refractivity contribution in [3.8, 4) is 0 Å². The standard InChI is InChI=1S/C21H26F3N7O3/c22-21(23,24)31-5-2-1-3-15(31)29-6-4-13(8-29)28-19-16-20(26-10-25-19)30(11-27-16)14-7-12(9-32)17(33)18(14)34/h1-3,5,10-15,17-18,32-34H,4,6-9H2,(H,25,26,28)/t12-,13+,14-,15?,17+,18-/m1/s1. The minimum atomic E-state index is -4.48. The maximum Gasteiger partial charge on any atom is 0.485 e. The van der Waals surface area contributed by atoms with Crippen LogP contribution in [0.4, 0.5) is 19.0 Å². The van der Waals surface area contributed by atoms with Crippen LogP contribution in [0, 0.1) is 5.92 Å². The largest absolute Gasteiger partial charge is 0.485 e. The highest BCUT2D eigenvalue weighted by Gasteiger charge is 2.44. The van der Waals surface area contributed by atoms with Crippen LogP contribution in [0.5, 0.6) is 0 Å². The minimum absolute atomic E-state index is 0.143. The van der Waals surface area contributed by atoms with Crippen molar-refractivity contribution in [2.45, 2.75) is 49.6 Å². The minimum Gasteiger partial charge on any atom is -0.396 e. The van der Waals surface area contributed by atoms with E-state index in [2.05, 4.69) is 20.3 Å². The zero-order chi connectivity index (χ0) is 24.0. The number of alkyl halides is 3. The topological polar surface area (TPSA) is 123 Å². The molecule has 6 atom stereocenters. The molecule has 2 aromatic rings. The fourth-order valence-corrected chi connectivity index (χ4v) is 5.11. The normalized spacial score (nSPS) is 32.2. The molecule has 1 unspecified atom stereocenters. The predicted molar refractivity (Wildman–Crippen MR) is 115 cm³/mol. The van der Waals surface area contributed by atoms with Crippen LogP contribution in [-0.4, -0.2) is 95.1 Å². The van der Waals surface area contributed by atoms with Crippen molar-refractivity contribution >= 4 is 17.0 Å². The Morgan fingerprint density at radius 3 is 2.68 bits per heavy atom. The Morgan fingerprint density at radius 2 is 1.94 bits per heavy atom. The molecule has 4 heterocycles. The number of hydrogen-bond donors (Lipinski definition) is 4. The summed E-state index contributed by atoms with van der Waals surface area (Å²) in [6.07, 6.45) is 1.93. The van der Waals surface area contributed by atoms with Crippen LogP contribution in [0.2, 0.25) is 0 Å². The van der Waals surface area contributed by atoms with E-state index in [0.717, 1.165) is 6.20 Å². The van der Waals surface area contributed by atoms with E-state index in [1.54, 1.807) is 15.5 Å². The smallest absolute Gasteiger partial charge is 0.396 e. The van der Waals surface area contributed by atoms with Crippen molar-refractivity contribution in [3.05, 3.63) is 37.1 Å². The average Bonchev–Trinajstić information content (AvgIpc) is 3.52. The van der Waals surface area contributed by atoms with Crippen LogP contribution in [0.25, 0.3) is 11.2 Å². The summed E-state index contributed by atoms with van der Waals surface area (Å²) in [7, 11) is 0. The number of likely N-dealkylation sites (tertiary alicyclic amines) is 1. The van der Waals surface area contributed by atoms with Crippen LogP contribution in [0.1, 0.15) is 18.9 Å². The van der Waals surface area contributed by atoms with E-state index >= 15 is 0 Å². The Hall–Kier alpha value is -2.74. The van der Waals surface area contributed by atoms with Gasteiger partial charge in [0.15, 0.2) is 11.5 Å². The first-order valence-corrected chi connectivity index (χ1v) is 11.1. The molecule has 0 bridgehead atoms. The van der Waals surface area contributed by atoms with E-state index in [-0.39, 0.29) is 12.6 Å². The number of allylic oxidation sites excluding steroid dienone is 2. The lowest BCUT2D eigenvalue weighted by Crippen LogP contribution is -2.51. The highest BCUT2D eigenvalue weighted by molar-refractivity contribution is 5.83. The molecule has 3 aliphatic rings. The van der Waals surface area contributed by atoms with Gasteiger partial charge in [-0.1, -0.05) is 6.08 Å². The number of imidazole rings is 1. The maximum absolute atomic E-state index is 13.4. The van der Waals surface area contributed by atoms with Gasteiger partial charge in [-0.05, 0) is 25.0 Å². The molecule has 1 saturated carbocycles. The lowest BCUT2D eigenvalue weighted by atomic mass is 10.1. The van der Waals surface area contributed by atoms with Crippen LogP contribution in [0.15, 0.2) is 37.1 Å². The molecule has 13 heteroatoms. The van der Waals surface area contributed by atoms with Gasteiger partial charge in [-0.2, -0.15) is 13.2 Å². The Morgan fingerprint density at radius 1 is 1.12 bits per heavy atom. The lowest BCUT2D eigenvalue weighted by molar-refractivity contribution is -0.247. The highest BCUT2D eigenvalue weighted by Crippen LogP contribution is 2.37. The van der Waals surface area contributed by atoms with E-state index < -0.39 is 36.6 Å². The third-order valence-corrected chi connectivity index (χ3v) is 6.88. The van der Waals surface area contributed by atoms with Crippen LogP contribution >= 0.6 is 0 Å². The molecule has 0 amide bonds. The summed E-state index contributed by atoms with van der Waals surface area (Å²) in [5.41, 5.74) is 0.929. The molecule has 0 radical (unpaired) electrons. The fraction of sp³-hybridized carbons (Fsp3) is 0.571. The number of fused-ring (bicyclic) bond motifs is 1.